The van der Waals surface area contributed by atoms with Gasteiger partial charge >= 0.3 is 11.6 Å². The van der Waals surface area contributed by atoms with Gasteiger partial charge in [0, 0.05) is 18.2 Å². The lowest BCUT2D eigenvalue weighted by atomic mass is 9.97. The van der Waals surface area contributed by atoms with E-state index in [1.54, 1.807) is 24.3 Å². The third-order valence-electron chi connectivity index (χ3n) is 7.02. The lowest BCUT2D eigenvalue weighted by Crippen LogP contribution is -2.46. The Morgan fingerprint density at radius 3 is 2.29 bits per heavy atom. The molecule has 3 aromatic rings. The highest BCUT2D eigenvalue weighted by Crippen LogP contribution is 2.59. The molecule has 0 bridgehead atoms. The molecule has 0 spiro atoms. The smallest absolute Gasteiger partial charge is 0.442 e. The van der Waals surface area contributed by atoms with E-state index < -0.39 is 22.5 Å². The first-order valence-electron chi connectivity index (χ1n) is 11.1. The van der Waals surface area contributed by atoms with Crippen LogP contribution in [0.15, 0.2) is 72.8 Å². The van der Waals surface area contributed by atoms with E-state index in [1.165, 1.54) is 4.90 Å². The van der Waals surface area contributed by atoms with Crippen LogP contribution < -0.4 is 5.32 Å². The van der Waals surface area contributed by atoms with E-state index in [0.717, 1.165) is 22.3 Å². The highest BCUT2D eigenvalue weighted by atomic mass is 32.2. The highest BCUT2D eigenvalue weighted by molar-refractivity contribution is 8.01. The normalized spacial score (nSPS) is 22.6. The number of nitrogens with zero attached hydrogens (tertiary/aromatic N) is 1. The molecule has 3 aromatic carbocycles. The van der Waals surface area contributed by atoms with Gasteiger partial charge in [0.1, 0.15) is 12.8 Å². The second-order valence-corrected chi connectivity index (χ2v) is 10.2. The van der Waals surface area contributed by atoms with Gasteiger partial charge in [0.05, 0.1) is 4.75 Å². The van der Waals surface area contributed by atoms with Crippen molar-refractivity contribution in [2.75, 3.05) is 18.5 Å². The number of amides is 1. The van der Waals surface area contributed by atoms with Crippen LogP contribution in [0.2, 0.25) is 0 Å². The highest BCUT2D eigenvalue weighted by Gasteiger charge is 2.60. The number of para-hydroxylation sites is 1. The van der Waals surface area contributed by atoms with Crippen molar-refractivity contribution in [3.63, 3.8) is 0 Å². The van der Waals surface area contributed by atoms with Crippen molar-refractivity contribution in [2.24, 2.45) is 0 Å². The topological polar surface area (TPSA) is 41.6 Å². The second-order valence-electron chi connectivity index (χ2n) is 8.78. The van der Waals surface area contributed by atoms with Crippen LogP contribution in [0.1, 0.15) is 29.0 Å². The molecule has 34 heavy (non-hydrogen) atoms. The van der Waals surface area contributed by atoms with Crippen LogP contribution in [0, 0.1) is 0 Å². The van der Waals surface area contributed by atoms with Crippen LogP contribution in [-0.4, -0.2) is 35.8 Å². The number of thioether (sulfide) groups is 1. The summed E-state index contributed by atoms with van der Waals surface area (Å²) in [5.74, 6) is -0.109. The number of ether oxygens (including phenoxy) is 1. The van der Waals surface area contributed by atoms with E-state index in [0.29, 0.717) is 11.3 Å². The summed E-state index contributed by atoms with van der Waals surface area (Å²) >= 11 is -0.0409. The number of rotatable bonds is 3. The lowest BCUT2D eigenvalue weighted by molar-refractivity contribution is -0.0347. The Morgan fingerprint density at radius 1 is 1.00 bits per heavy atom. The SMILES string of the molecule is O=C(OCC1c2ccccc2-c2ccccc21)N1CC[C@@]2(SC(F)(F)F)c3ccccc3N[C@@H]12. The molecule has 1 N–H and O–H groups in total. The number of carbonyl (C=O) groups is 1. The molecule has 1 fully saturated rings. The quantitative estimate of drug-likeness (QED) is 0.460. The number of hydrogen-bond acceptors (Lipinski definition) is 4. The zero-order valence-electron chi connectivity index (χ0n) is 18.0. The van der Waals surface area contributed by atoms with Gasteiger partial charge < -0.3 is 10.1 Å². The molecule has 4 nitrogen and oxygen atoms in total. The molecule has 3 aliphatic rings. The zero-order chi connectivity index (χ0) is 23.5. The van der Waals surface area contributed by atoms with Crippen LogP contribution >= 0.6 is 11.8 Å². The van der Waals surface area contributed by atoms with E-state index in [1.807, 2.05) is 36.4 Å². The summed E-state index contributed by atoms with van der Waals surface area (Å²) in [5, 5.41) is 3.15. The summed E-state index contributed by atoms with van der Waals surface area (Å²) in [7, 11) is 0. The van der Waals surface area contributed by atoms with Gasteiger partial charge in [-0.25, -0.2) is 4.79 Å². The molecule has 0 radical (unpaired) electrons. The largest absolute Gasteiger partial charge is 0.448 e. The fourth-order valence-electron chi connectivity index (χ4n) is 5.65. The fourth-order valence-corrected chi connectivity index (χ4v) is 6.84. The zero-order valence-corrected chi connectivity index (χ0v) is 18.8. The van der Waals surface area contributed by atoms with Crippen LogP contribution in [0.5, 0.6) is 0 Å². The van der Waals surface area contributed by atoms with Crippen LogP contribution in [0.4, 0.5) is 23.7 Å². The number of benzene rings is 3. The van der Waals surface area contributed by atoms with Crippen molar-refractivity contribution in [3.8, 4) is 11.1 Å². The number of alkyl halides is 3. The first-order chi connectivity index (χ1) is 16.4. The van der Waals surface area contributed by atoms with Gasteiger partial charge in [0.2, 0.25) is 0 Å². The van der Waals surface area contributed by atoms with Crippen molar-refractivity contribution >= 4 is 23.5 Å². The minimum atomic E-state index is -4.44. The van der Waals surface area contributed by atoms with Gasteiger partial charge in [-0.3, -0.25) is 4.90 Å². The van der Waals surface area contributed by atoms with Crippen molar-refractivity contribution in [2.45, 2.75) is 28.8 Å². The van der Waals surface area contributed by atoms with E-state index in [2.05, 4.69) is 17.4 Å². The molecule has 0 aromatic heterocycles. The Labute approximate surface area is 199 Å². The summed E-state index contributed by atoms with van der Waals surface area (Å²) in [6, 6.07) is 23.0. The van der Waals surface area contributed by atoms with Gasteiger partial charge in [0.25, 0.3) is 0 Å². The predicted octanol–water partition coefficient (Wildman–Crippen LogP) is 6.54. The summed E-state index contributed by atoms with van der Waals surface area (Å²) < 4.78 is 45.3. The number of halogens is 3. The van der Waals surface area contributed by atoms with Crippen LogP contribution in [-0.2, 0) is 9.48 Å². The Balaban J connectivity index is 1.25. The van der Waals surface area contributed by atoms with Crippen molar-refractivity contribution in [1.82, 2.24) is 4.90 Å². The lowest BCUT2D eigenvalue weighted by Gasteiger charge is -2.32. The average Bonchev–Trinajstić information content (AvgIpc) is 3.43. The van der Waals surface area contributed by atoms with Crippen LogP contribution in [0.25, 0.3) is 11.1 Å². The molecule has 0 saturated carbocycles. The van der Waals surface area contributed by atoms with E-state index in [9.17, 15) is 18.0 Å². The molecule has 2 atom stereocenters. The van der Waals surface area contributed by atoms with E-state index in [4.69, 9.17) is 4.74 Å². The van der Waals surface area contributed by atoms with Gasteiger partial charge in [-0.1, -0.05) is 66.7 Å². The Kier molecular flexibility index (Phi) is 4.85. The van der Waals surface area contributed by atoms with E-state index in [-0.39, 0.29) is 37.3 Å². The number of likely N-dealkylation sites (tertiary alicyclic amines) is 1. The number of fused-ring (bicyclic) bond motifs is 6. The first kappa shape index (κ1) is 21.4. The average molecular weight is 483 g/mol. The standard InChI is InChI=1S/C26H21F3N2O2S/c27-26(28,29)34-25-13-14-31(23(25)30-22-12-6-5-11-21(22)25)24(32)33-15-20-18-9-3-1-7-16(18)17-8-2-4-10-19(17)20/h1-12,20,23,30H,13-15H2/t23-,25+/m0/s1. The number of carbonyl (C=O) groups excluding carboxylic acids is 1. The van der Waals surface area contributed by atoms with Gasteiger partial charge in [-0.2, -0.15) is 13.2 Å². The van der Waals surface area contributed by atoms with Gasteiger partial charge in [-0.05, 0) is 52.1 Å². The monoisotopic (exact) mass is 482 g/mol. The molecule has 2 aliphatic heterocycles. The second kappa shape index (κ2) is 7.70. The Morgan fingerprint density at radius 2 is 1.62 bits per heavy atom. The van der Waals surface area contributed by atoms with Gasteiger partial charge in [-0.15, -0.1) is 0 Å². The summed E-state index contributed by atoms with van der Waals surface area (Å²) in [6.07, 6.45) is -1.24. The maximum atomic E-state index is 13.6. The maximum absolute atomic E-state index is 13.6. The maximum Gasteiger partial charge on any atom is 0.442 e. The molecular formula is C26H21F3N2O2S. The van der Waals surface area contributed by atoms with Gasteiger partial charge in [0.15, 0.2) is 0 Å². The molecule has 174 valence electrons. The molecule has 1 amide bonds. The summed E-state index contributed by atoms with van der Waals surface area (Å²) in [5.41, 5.74) is 1.19. The molecule has 2 heterocycles. The van der Waals surface area contributed by atoms with Crippen LogP contribution in [0.3, 0.4) is 0 Å². The fraction of sp³-hybridized carbons (Fsp3) is 0.269. The third-order valence-corrected chi connectivity index (χ3v) is 8.26. The molecule has 1 saturated heterocycles. The summed E-state index contributed by atoms with van der Waals surface area (Å²) in [6.45, 7) is 0.314. The van der Waals surface area contributed by atoms with Crippen molar-refractivity contribution < 1.29 is 22.7 Å². The first-order valence-corrected chi connectivity index (χ1v) is 11.9. The molecule has 1 aliphatic carbocycles. The number of hydrogen-bond donors (Lipinski definition) is 1. The third kappa shape index (κ3) is 3.27. The Hall–Kier alpha value is -3.13. The number of anilines is 1. The van der Waals surface area contributed by atoms with Crippen molar-refractivity contribution in [1.29, 1.82) is 0 Å². The minimum Gasteiger partial charge on any atom is -0.448 e. The Bertz CT molecular complexity index is 1240. The predicted molar refractivity (Wildman–Crippen MR) is 126 cm³/mol. The molecular weight excluding hydrogens is 461 g/mol. The number of nitrogens with one attached hydrogen (secondary N) is 1. The summed E-state index contributed by atoms with van der Waals surface area (Å²) in [4.78, 5) is 14.6. The molecule has 0 unspecified atom stereocenters. The van der Waals surface area contributed by atoms with Crippen molar-refractivity contribution in [3.05, 3.63) is 89.5 Å². The minimum absolute atomic E-state index is 0.0409. The molecule has 8 heteroatoms. The van der Waals surface area contributed by atoms with E-state index >= 15 is 0 Å². The molecule has 6 rings (SSSR count).